The van der Waals surface area contributed by atoms with Crippen molar-refractivity contribution in [1.82, 2.24) is 5.32 Å². The van der Waals surface area contributed by atoms with Crippen LogP contribution in [0.15, 0.2) is 12.1 Å². The lowest BCUT2D eigenvalue weighted by Gasteiger charge is -2.31. The average molecular weight is 268 g/mol. The molecule has 1 fully saturated rings. The quantitative estimate of drug-likeness (QED) is 0.900. The zero-order valence-electron chi connectivity index (χ0n) is 11.4. The first-order valence-corrected chi connectivity index (χ1v) is 7.06. The Morgan fingerprint density at radius 1 is 1.28 bits per heavy atom. The van der Waals surface area contributed by atoms with E-state index in [2.05, 4.69) is 31.3 Å². The lowest BCUT2D eigenvalue weighted by Crippen LogP contribution is -2.34. The fourth-order valence-corrected chi connectivity index (χ4v) is 2.95. The highest BCUT2D eigenvalue weighted by molar-refractivity contribution is 6.31. The summed E-state index contributed by atoms with van der Waals surface area (Å²) >= 11 is 6.40. The van der Waals surface area contributed by atoms with Gasteiger partial charge in [0.25, 0.3) is 0 Å². The van der Waals surface area contributed by atoms with Gasteiger partial charge in [-0.15, -0.1) is 0 Å². The van der Waals surface area contributed by atoms with E-state index in [-0.39, 0.29) is 12.1 Å². The molecule has 1 saturated heterocycles. The molecule has 1 aliphatic rings. The number of ether oxygens (including phenoxy) is 1. The van der Waals surface area contributed by atoms with E-state index in [9.17, 15) is 0 Å². The highest BCUT2D eigenvalue weighted by Crippen LogP contribution is 2.32. The maximum Gasteiger partial charge on any atom is 0.0770 e. The number of hydrogen-bond donors (Lipinski definition) is 1. The molecular formula is C15H22ClNO. The smallest absolute Gasteiger partial charge is 0.0770 e. The third kappa shape index (κ3) is 2.87. The van der Waals surface area contributed by atoms with Crippen molar-refractivity contribution in [3.05, 3.63) is 33.8 Å². The monoisotopic (exact) mass is 267 g/mol. The van der Waals surface area contributed by atoms with Crippen molar-refractivity contribution < 1.29 is 4.74 Å². The van der Waals surface area contributed by atoms with Crippen molar-refractivity contribution in [2.24, 2.45) is 0 Å². The largest absolute Gasteiger partial charge is 0.376 e. The Morgan fingerprint density at radius 3 is 2.61 bits per heavy atom. The van der Waals surface area contributed by atoms with Gasteiger partial charge in [0.1, 0.15) is 0 Å². The maximum atomic E-state index is 6.40. The molecule has 0 aromatic heterocycles. The third-order valence-corrected chi connectivity index (χ3v) is 4.17. The Balaban J connectivity index is 2.28. The molecule has 1 aliphatic heterocycles. The van der Waals surface area contributed by atoms with Gasteiger partial charge in [-0.05, 0) is 62.9 Å². The lowest BCUT2D eigenvalue weighted by molar-refractivity contribution is -0.00661. The molecule has 2 rings (SSSR count). The van der Waals surface area contributed by atoms with Gasteiger partial charge < -0.3 is 10.1 Å². The van der Waals surface area contributed by atoms with Crippen molar-refractivity contribution in [2.45, 2.75) is 45.3 Å². The highest BCUT2D eigenvalue weighted by atomic mass is 35.5. The molecule has 18 heavy (non-hydrogen) atoms. The molecule has 0 spiro atoms. The molecule has 2 atom stereocenters. The van der Waals surface area contributed by atoms with Gasteiger partial charge in [-0.25, -0.2) is 0 Å². The Labute approximate surface area is 115 Å². The van der Waals surface area contributed by atoms with Crippen LogP contribution in [-0.2, 0) is 4.74 Å². The molecule has 0 bridgehead atoms. The number of benzene rings is 1. The summed E-state index contributed by atoms with van der Waals surface area (Å²) in [5.41, 5.74) is 3.68. The van der Waals surface area contributed by atoms with E-state index in [1.807, 2.05) is 7.05 Å². The fourth-order valence-electron chi connectivity index (χ4n) is 2.61. The minimum absolute atomic E-state index is 0.192. The molecule has 1 N–H and O–H groups in total. The van der Waals surface area contributed by atoms with E-state index >= 15 is 0 Å². The van der Waals surface area contributed by atoms with Crippen molar-refractivity contribution in [1.29, 1.82) is 0 Å². The second kappa shape index (κ2) is 6.05. The normalized spacial score (nSPS) is 21.9. The number of rotatable bonds is 3. The maximum absolute atomic E-state index is 6.40. The molecule has 3 heteroatoms. The van der Waals surface area contributed by atoms with Gasteiger partial charge >= 0.3 is 0 Å². The molecule has 0 radical (unpaired) electrons. The van der Waals surface area contributed by atoms with Gasteiger partial charge in [0.15, 0.2) is 0 Å². The van der Waals surface area contributed by atoms with Gasteiger partial charge in [-0.1, -0.05) is 17.7 Å². The minimum atomic E-state index is 0.192. The highest BCUT2D eigenvalue weighted by Gasteiger charge is 2.26. The summed E-state index contributed by atoms with van der Waals surface area (Å²) in [5.74, 6) is 0. The summed E-state index contributed by atoms with van der Waals surface area (Å²) in [4.78, 5) is 0. The topological polar surface area (TPSA) is 21.3 Å². The fraction of sp³-hybridized carbons (Fsp3) is 0.600. The number of likely N-dealkylation sites (N-methyl/N-ethyl adjacent to an activating group) is 1. The second-order valence-corrected chi connectivity index (χ2v) is 5.54. The lowest BCUT2D eigenvalue weighted by atomic mass is 9.93. The van der Waals surface area contributed by atoms with Crippen LogP contribution in [0.2, 0.25) is 5.02 Å². The van der Waals surface area contributed by atoms with Crippen LogP contribution in [-0.4, -0.2) is 19.8 Å². The van der Waals surface area contributed by atoms with Gasteiger partial charge in [0.2, 0.25) is 0 Å². The number of hydrogen-bond acceptors (Lipinski definition) is 2. The molecule has 2 unspecified atom stereocenters. The Morgan fingerprint density at radius 2 is 2.00 bits per heavy atom. The van der Waals surface area contributed by atoms with Crippen LogP contribution in [0.25, 0.3) is 0 Å². The Kier molecular flexibility index (Phi) is 4.66. The standard InChI is InChI=1S/C15H22ClNO/c1-10-8-12(13(16)9-11(10)2)15(17-3)14-6-4-5-7-18-14/h8-9,14-15,17H,4-7H2,1-3H3. The van der Waals surface area contributed by atoms with Crippen LogP contribution in [0.4, 0.5) is 0 Å². The van der Waals surface area contributed by atoms with Crippen LogP contribution in [0.1, 0.15) is 42.0 Å². The van der Waals surface area contributed by atoms with Crippen LogP contribution < -0.4 is 5.32 Å². The van der Waals surface area contributed by atoms with Gasteiger partial charge in [-0.3, -0.25) is 0 Å². The predicted octanol–water partition coefficient (Wildman–Crippen LogP) is 3.79. The molecular weight excluding hydrogens is 246 g/mol. The summed E-state index contributed by atoms with van der Waals surface area (Å²) in [6.45, 7) is 5.09. The van der Waals surface area contributed by atoms with Gasteiger partial charge in [-0.2, -0.15) is 0 Å². The molecule has 0 aliphatic carbocycles. The Hall–Kier alpha value is -0.570. The predicted molar refractivity (Wildman–Crippen MR) is 76.3 cm³/mol. The van der Waals surface area contributed by atoms with E-state index < -0.39 is 0 Å². The van der Waals surface area contributed by atoms with E-state index in [1.54, 1.807) is 0 Å². The molecule has 1 aromatic rings. The Bertz CT molecular complexity index is 413. The zero-order valence-corrected chi connectivity index (χ0v) is 12.2. The number of nitrogens with one attached hydrogen (secondary N) is 1. The van der Waals surface area contributed by atoms with Crippen LogP contribution in [0.3, 0.4) is 0 Å². The van der Waals surface area contributed by atoms with Crippen LogP contribution >= 0.6 is 11.6 Å². The van der Waals surface area contributed by atoms with Crippen molar-refractivity contribution in [3.8, 4) is 0 Å². The molecule has 0 saturated carbocycles. The zero-order chi connectivity index (χ0) is 13.1. The first-order chi connectivity index (χ1) is 8.63. The average Bonchev–Trinajstić information content (AvgIpc) is 2.38. The van der Waals surface area contributed by atoms with Crippen molar-refractivity contribution in [2.75, 3.05) is 13.7 Å². The SMILES string of the molecule is CNC(c1cc(C)c(C)cc1Cl)C1CCCCO1. The van der Waals surface area contributed by atoms with Crippen LogP contribution in [0.5, 0.6) is 0 Å². The number of aryl methyl sites for hydroxylation is 2. The summed E-state index contributed by atoms with van der Waals surface area (Å²) in [7, 11) is 1.98. The second-order valence-electron chi connectivity index (χ2n) is 5.13. The van der Waals surface area contributed by atoms with Gasteiger partial charge in [0.05, 0.1) is 12.1 Å². The minimum Gasteiger partial charge on any atom is -0.376 e. The van der Waals surface area contributed by atoms with E-state index in [4.69, 9.17) is 16.3 Å². The summed E-state index contributed by atoms with van der Waals surface area (Å²) in [6, 6.07) is 4.44. The summed E-state index contributed by atoms with van der Waals surface area (Å²) < 4.78 is 5.89. The van der Waals surface area contributed by atoms with Crippen LogP contribution in [0, 0.1) is 13.8 Å². The molecule has 0 amide bonds. The van der Waals surface area contributed by atoms with E-state index in [0.717, 1.165) is 23.6 Å². The first kappa shape index (κ1) is 13.9. The molecule has 1 aromatic carbocycles. The van der Waals surface area contributed by atoms with Gasteiger partial charge in [0, 0.05) is 11.6 Å². The molecule has 100 valence electrons. The molecule has 2 nitrogen and oxygen atoms in total. The number of halogens is 1. The molecule has 1 heterocycles. The summed E-state index contributed by atoms with van der Waals surface area (Å²) in [6.07, 6.45) is 3.76. The van der Waals surface area contributed by atoms with E-state index in [1.165, 1.54) is 24.0 Å². The van der Waals surface area contributed by atoms with E-state index in [0.29, 0.717) is 0 Å². The van der Waals surface area contributed by atoms with Crippen molar-refractivity contribution >= 4 is 11.6 Å². The first-order valence-electron chi connectivity index (χ1n) is 6.69. The van der Waals surface area contributed by atoms with Crippen molar-refractivity contribution in [3.63, 3.8) is 0 Å². The summed E-state index contributed by atoms with van der Waals surface area (Å²) in [5, 5.41) is 4.21. The third-order valence-electron chi connectivity index (χ3n) is 3.85.